The molecular weight excluding hydrogens is 388 g/mol. The van der Waals surface area contributed by atoms with Crippen LogP contribution in [0.15, 0.2) is 40.9 Å². The second-order valence-electron chi connectivity index (χ2n) is 4.60. The summed E-state index contributed by atoms with van der Waals surface area (Å²) in [6.45, 7) is 0. The Labute approximate surface area is 145 Å². The van der Waals surface area contributed by atoms with Crippen molar-refractivity contribution < 1.29 is 14.5 Å². The molecule has 8 heteroatoms. The quantitative estimate of drug-likeness (QED) is 0.568. The maximum Gasteiger partial charge on any atom is 0.311 e. The van der Waals surface area contributed by atoms with Crippen LogP contribution in [0, 0.1) is 10.1 Å². The minimum Gasteiger partial charge on any atom is -0.490 e. The number of anilines is 1. The zero-order valence-electron chi connectivity index (χ0n) is 12.2. The molecule has 120 valence electrons. The lowest BCUT2D eigenvalue weighted by molar-refractivity contribution is -0.385. The highest BCUT2D eigenvalue weighted by molar-refractivity contribution is 9.10. The largest absolute Gasteiger partial charge is 0.490 e. The van der Waals surface area contributed by atoms with E-state index in [1.807, 2.05) is 0 Å². The molecule has 2 rings (SSSR count). The molecule has 0 unspecified atom stereocenters. The van der Waals surface area contributed by atoms with E-state index in [4.69, 9.17) is 16.3 Å². The number of benzene rings is 2. The summed E-state index contributed by atoms with van der Waals surface area (Å²) in [6.07, 6.45) is 0. The second kappa shape index (κ2) is 6.97. The van der Waals surface area contributed by atoms with Gasteiger partial charge in [-0.2, -0.15) is 0 Å². The van der Waals surface area contributed by atoms with Crippen LogP contribution in [0.2, 0.25) is 5.02 Å². The molecule has 0 saturated heterocycles. The molecule has 0 aliphatic carbocycles. The number of ether oxygens (including phenoxy) is 1. The van der Waals surface area contributed by atoms with Crippen molar-refractivity contribution in [1.29, 1.82) is 0 Å². The third-order valence-corrected chi connectivity index (χ3v) is 3.99. The Morgan fingerprint density at radius 3 is 2.57 bits per heavy atom. The van der Waals surface area contributed by atoms with Gasteiger partial charge in [-0.1, -0.05) is 27.5 Å². The van der Waals surface area contributed by atoms with Crippen LogP contribution < -0.4 is 9.64 Å². The number of amides is 1. The zero-order chi connectivity index (χ0) is 17.1. The monoisotopic (exact) mass is 398 g/mol. The molecule has 6 nitrogen and oxygen atoms in total. The number of hydrogen-bond donors (Lipinski definition) is 0. The first-order valence-corrected chi connectivity index (χ1v) is 7.57. The minimum atomic E-state index is -0.595. The van der Waals surface area contributed by atoms with Gasteiger partial charge in [0.1, 0.15) is 0 Å². The number of nitro groups is 1. The van der Waals surface area contributed by atoms with Gasteiger partial charge in [0.25, 0.3) is 5.91 Å². The van der Waals surface area contributed by atoms with Gasteiger partial charge in [0.15, 0.2) is 5.75 Å². The smallest absolute Gasteiger partial charge is 0.311 e. The van der Waals surface area contributed by atoms with E-state index in [9.17, 15) is 14.9 Å². The van der Waals surface area contributed by atoms with Crippen molar-refractivity contribution in [1.82, 2.24) is 0 Å². The fraction of sp³-hybridized carbons (Fsp3) is 0.133. The molecule has 0 saturated carbocycles. The average Bonchev–Trinajstić information content (AvgIpc) is 2.52. The van der Waals surface area contributed by atoms with E-state index in [1.165, 1.54) is 30.2 Å². The number of halogens is 2. The van der Waals surface area contributed by atoms with E-state index in [0.29, 0.717) is 10.7 Å². The predicted octanol–water partition coefficient (Wildman–Crippen LogP) is 4.30. The van der Waals surface area contributed by atoms with Crippen LogP contribution in [-0.4, -0.2) is 25.0 Å². The normalized spacial score (nSPS) is 10.3. The molecule has 0 aliphatic rings. The Balaban J connectivity index is 2.40. The third kappa shape index (κ3) is 3.62. The molecule has 0 N–H and O–H groups in total. The number of carbonyl (C=O) groups is 1. The molecule has 2 aromatic carbocycles. The summed E-state index contributed by atoms with van der Waals surface area (Å²) in [6, 6.07) is 9.14. The van der Waals surface area contributed by atoms with Crippen molar-refractivity contribution in [2.45, 2.75) is 0 Å². The maximum atomic E-state index is 12.5. The summed E-state index contributed by atoms with van der Waals surface area (Å²) in [5.74, 6) is -0.323. The molecule has 0 spiro atoms. The molecule has 2 aromatic rings. The number of carbonyl (C=O) groups excluding carboxylic acids is 1. The molecule has 0 fully saturated rings. The first kappa shape index (κ1) is 17.2. The van der Waals surface area contributed by atoms with Crippen molar-refractivity contribution >= 4 is 44.8 Å². The van der Waals surface area contributed by atoms with Crippen LogP contribution >= 0.6 is 27.5 Å². The van der Waals surface area contributed by atoms with Crippen molar-refractivity contribution in [2.24, 2.45) is 0 Å². The van der Waals surface area contributed by atoms with E-state index in [2.05, 4.69) is 15.9 Å². The van der Waals surface area contributed by atoms with Crippen LogP contribution in [0.4, 0.5) is 11.4 Å². The molecule has 0 radical (unpaired) electrons. The Bertz CT molecular complexity index is 782. The molecule has 0 heterocycles. The number of hydrogen-bond acceptors (Lipinski definition) is 4. The van der Waals surface area contributed by atoms with Gasteiger partial charge >= 0.3 is 5.69 Å². The molecule has 1 amide bonds. The third-order valence-electron chi connectivity index (χ3n) is 3.20. The van der Waals surface area contributed by atoms with E-state index in [1.54, 1.807) is 25.2 Å². The van der Waals surface area contributed by atoms with Gasteiger partial charge in [0.05, 0.1) is 22.7 Å². The summed E-state index contributed by atoms with van der Waals surface area (Å²) in [5, 5.41) is 11.4. The van der Waals surface area contributed by atoms with Crippen LogP contribution in [0.5, 0.6) is 5.75 Å². The molecule has 0 aliphatic heterocycles. The summed E-state index contributed by atoms with van der Waals surface area (Å²) >= 11 is 9.43. The van der Waals surface area contributed by atoms with Gasteiger partial charge in [-0.05, 0) is 30.3 Å². The second-order valence-corrected chi connectivity index (χ2v) is 5.93. The lowest BCUT2D eigenvalue weighted by atomic mass is 10.1. The summed E-state index contributed by atoms with van der Waals surface area (Å²) < 4.78 is 5.71. The summed E-state index contributed by atoms with van der Waals surface area (Å²) in [5.41, 5.74) is 0.394. The fourth-order valence-corrected chi connectivity index (χ4v) is 2.82. The zero-order valence-corrected chi connectivity index (χ0v) is 14.6. The van der Waals surface area contributed by atoms with Crippen LogP contribution in [0.25, 0.3) is 0 Å². The lowest BCUT2D eigenvalue weighted by Crippen LogP contribution is -2.26. The predicted molar refractivity (Wildman–Crippen MR) is 91.5 cm³/mol. The van der Waals surface area contributed by atoms with Gasteiger partial charge in [-0.25, -0.2) is 0 Å². The van der Waals surface area contributed by atoms with Gasteiger partial charge in [0, 0.05) is 23.2 Å². The molecule has 0 bridgehead atoms. The highest BCUT2D eigenvalue weighted by atomic mass is 79.9. The van der Waals surface area contributed by atoms with E-state index < -0.39 is 10.8 Å². The fourth-order valence-electron chi connectivity index (χ4n) is 2.02. The summed E-state index contributed by atoms with van der Waals surface area (Å²) in [4.78, 5) is 24.3. The Hall–Kier alpha value is -2.12. The Morgan fingerprint density at radius 1 is 1.30 bits per heavy atom. The number of rotatable bonds is 4. The average molecular weight is 400 g/mol. The molecule has 23 heavy (non-hydrogen) atoms. The van der Waals surface area contributed by atoms with E-state index >= 15 is 0 Å². The van der Waals surface area contributed by atoms with Gasteiger partial charge < -0.3 is 9.64 Å². The maximum absolute atomic E-state index is 12.5. The van der Waals surface area contributed by atoms with Gasteiger partial charge in [-0.3, -0.25) is 14.9 Å². The van der Waals surface area contributed by atoms with Crippen LogP contribution in [0.1, 0.15) is 10.4 Å². The standard InChI is InChI=1S/C15H12BrClN2O4/c1-18(12-5-4-10(16)8-11(12)17)15(20)9-3-6-14(23-2)13(7-9)19(21)22/h3-8H,1-2H3. The Morgan fingerprint density at radius 2 is 2.00 bits per heavy atom. The first-order chi connectivity index (χ1) is 10.8. The highest BCUT2D eigenvalue weighted by Gasteiger charge is 2.21. The van der Waals surface area contributed by atoms with Crippen LogP contribution in [-0.2, 0) is 0 Å². The van der Waals surface area contributed by atoms with E-state index in [0.717, 1.165) is 4.47 Å². The molecular formula is C15H12BrClN2O4. The Kier molecular flexibility index (Phi) is 5.23. The van der Waals surface area contributed by atoms with Crippen molar-refractivity contribution in [3.63, 3.8) is 0 Å². The number of nitrogens with zero attached hydrogens (tertiary/aromatic N) is 2. The molecule has 0 aromatic heterocycles. The minimum absolute atomic E-state index is 0.0934. The lowest BCUT2D eigenvalue weighted by Gasteiger charge is -2.19. The van der Waals surface area contributed by atoms with Crippen molar-refractivity contribution in [3.05, 3.63) is 61.6 Å². The first-order valence-electron chi connectivity index (χ1n) is 6.40. The summed E-state index contributed by atoms with van der Waals surface area (Å²) in [7, 11) is 2.88. The topological polar surface area (TPSA) is 72.7 Å². The van der Waals surface area contributed by atoms with Gasteiger partial charge in [0.2, 0.25) is 0 Å². The van der Waals surface area contributed by atoms with E-state index in [-0.39, 0.29) is 17.0 Å². The SMILES string of the molecule is COc1ccc(C(=O)N(C)c2ccc(Br)cc2Cl)cc1[N+](=O)[O-]. The number of methoxy groups -OCH3 is 1. The van der Waals surface area contributed by atoms with Crippen molar-refractivity contribution in [2.75, 3.05) is 19.1 Å². The number of nitro benzene ring substituents is 1. The highest BCUT2D eigenvalue weighted by Crippen LogP contribution is 2.31. The van der Waals surface area contributed by atoms with Gasteiger partial charge in [-0.15, -0.1) is 0 Å². The van der Waals surface area contributed by atoms with Crippen molar-refractivity contribution in [3.8, 4) is 5.75 Å². The van der Waals surface area contributed by atoms with Crippen LogP contribution in [0.3, 0.4) is 0 Å². The molecule has 0 atom stereocenters.